The van der Waals surface area contributed by atoms with Gasteiger partial charge in [0.15, 0.2) is 5.13 Å². The molecule has 0 aliphatic carbocycles. The topological polar surface area (TPSA) is 88.6 Å². The number of rotatable bonds is 9. The summed E-state index contributed by atoms with van der Waals surface area (Å²) in [5.74, 6) is 0.488. The minimum Gasteiger partial charge on any atom is -0.492 e. The molecular weight excluding hydrogens is 486 g/mol. The van der Waals surface area contributed by atoms with Gasteiger partial charge in [-0.3, -0.25) is 14.7 Å². The Hall–Kier alpha value is -3.79. The number of hydrogen-bond acceptors (Lipinski definition) is 8. The van der Waals surface area contributed by atoms with Crippen LogP contribution in [0.3, 0.4) is 0 Å². The van der Waals surface area contributed by atoms with Crippen LogP contribution in [0.4, 0.5) is 16.5 Å². The van der Waals surface area contributed by atoms with Crippen molar-refractivity contribution in [1.29, 1.82) is 0 Å². The van der Waals surface area contributed by atoms with Crippen LogP contribution in [0.25, 0.3) is 11.3 Å². The fraction of sp³-hybridized carbons (Fsp3) is 0.250. The van der Waals surface area contributed by atoms with Crippen LogP contribution in [-0.2, 0) is 4.74 Å². The van der Waals surface area contributed by atoms with Gasteiger partial charge in [0.1, 0.15) is 12.4 Å². The van der Waals surface area contributed by atoms with Gasteiger partial charge < -0.3 is 20.1 Å². The van der Waals surface area contributed by atoms with Crippen LogP contribution in [0, 0.1) is 6.92 Å². The lowest BCUT2D eigenvalue weighted by Crippen LogP contribution is -2.38. The number of aryl methyl sites for hydroxylation is 1. The molecule has 1 saturated heterocycles. The van der Waals surface area contributed by atoms with Crippen LogP contribution in [0.1, 0.15) is 15.9 Å². The zero-order valence-corrected chi connectivity index (χ0v) is 21.5. The first-order chi connectivity index (χ1) is 18.1. The van der Waals surface area contributed by atoms with E-state index in [1.165, 1.54) is 11.3 Å². The first-order valence-corrected chi connectivity index (χ1v) is 13.1. The molecule has 2 N–H and O–H groups in total. The van der Waals surface area contributed by atoms with Crippen molar-refractivity contribution in [1.82, 2.24) is 14.9 Å². The fourth-order valence-corrected chi connectivity index (χ4v) is 4.71. The number of ether oxygens (including phenoxy) is 2. The molecule has 0 unspecified atom stereocenters. The monoisotopic (exact) mass is 515 g/mol. The number of hydrogen-bond donors (Lipinski definition) is 2. The average Bonchev–Trinajstić information content (AvgIpc) is 3.40. The van der Waals surface area contributed by atoms with Gasteiger partial charge in [-0.15, -0.1) is 11.3 Å². The van der Waals surface area contributed by atoms with Gasteiger partial charge in [-0.25, -0.2) is 4.98 Å². The van der Waals surface area contributed by atoms with Gasteiger partial charge in [0.2, 0.25) is 0 Å². The summed E-state index contributed by atoms with van der Waals surface area (Å²) in [6.07, 6.45) is 3.54. The molecule has 2 aromatic heterocycles. The summed E-state index contributed by atoms with van der Waals surface area (Å²) in [7, 11) is 0. The molecular formula is C28H29N5O3S. The van der Waals surface area contributed by atoms with Crippen molar-refractivity contribution in [3.63, 3.8) is 0 Å². The Balaban J connectivity index is 1.20. The van der Waals surface area contributed by atoms with Crippen LogP contribution in [-0.4, -0.2) is 60.2 Å². The third-order valence-electron chi connectivity index (χ3n) is 6.07. The zero-order valence-electron chi connectivity index (χ0n) is 20.6. The molecule has 3 heterocycles. The van der Waals surface area contributed by atoms with Crippen molar-refractivity contribution in [2.45, 2.75) is 6.92 Å². The Labute approximate surface area is 220 Å². The van der Waals surface area contributed by atoms with Crippen LogP contribution in [0.2, 0.25) is 0 Å². The molecule has 5 rings (SSSR count). The van der Waals surface area contributed by atoms with Crippen LogP contribution >= 0.6 is 11.3 Å². The third kappa shape index (κ3) is 6.71. The highest BCUT2D eigenvalue weighted by molar-refractivity contribution is 7.14. The maximum absolute atomic E-state index is 13.0. The first-order valence-electron chi connectivity index (χ1n) is 12.2. The lowest BCUT2D eigenvalue weighted by Gasteiger charge is -2.26. The number of benzene rings is 2. The Kier molecular flexibility index (Phi) is 8.05. The van der Waals surface area contributed by atoms with Crippen LogP contribution in [0.5, 0.6) is 5.75 Å². The summed E-state index contributed by atoms with van der Waals surface area (Å²) in [6, 6.07) is 16.9. The third-order valence-corrected chi connectivity index (χ3v) is 6.83. The maximum atomic E-state index is 13.0. The number of nitrogens with zero attached hydrogens (tertiary/aromatic N) is 3. The first kappa shape index (κ1) is 24.9. The molecule has 190 valence electrons. The Bertz CT molecular complexity index is 1340. The lowest BCUT2D eigenvalue weighted by molar-refractivity contribution is 0.0322. The lowest BCUT2D eigenvalue weighted by atomic mass is 10.1. The van der Waals surface area contributed by atoms with E-state index >= 15 is 0 Å². The summed E-state index contributed by atoms with van der Waals surface area (Å²) in [5.41, 5.74) is 5.00. The Morgan fingerprint density at radius 3 is 2.86 bits per heavy atom. The summed E-state index contributed by atoms with van der Waals surface area (Å²) < 4.78 is 11.3. The van der Waals surface area contributed by atoms with E-state index in [-0.39, 0.29) is 5.91 Å². The Morgan fingerprint density at radius 2 is 2.03 bits per heavy atom. The second-order valence-electron chi connectivity index (χ2n) is 8.72. The molecule has 1 fully saturated rings. The van der Waals surface area contributed by atoms with Crippen molar-refractivity contribution >= 4 is 33.8 Å². The van der Waals surface area contributed by atoms with E-state index in [9.17, 15) is 4.79 Å². The standard InChI is InChI=1S/C28H29N5O3S/c1-20-7-8-23(17-25(20)31-28-32-26(19-37-28)22-5-3-9-29-18-22)30-27(34)21-4-2-6-24(16-21)36-15-12-33-10-13-35-14-11-33/h2-9,16-19H,10-15H2,1H3,(H,30,34)(H,31,32). The summed E-state index contributed by atoms with van der Waals surface area (Å²) in [4.78, 5) is 24.1. The van der Waals surface area contributed by atoms with Crippen molar-refractivity contribution in [3.8, 4) is 17.0 Å². The molecule has 0 radical (unpaired) electrons. The number of aromatic nitrogens is 2. The predicted molar refractivity (Wildman–Crippen MR) is 147 cm³/mol. The van der Waals surface area contributed by atoms with E-state index in [0.29, 0.717) is 23.6 Å². The van der Waals surface area contributed by atoms with Gasteiger partial charge in [0.05, 0.1) is 18.9 Å². The molecule has 0 saturated carbocycles. The maximum Gasteiger partial charge on any atom is 0.255 e. The summed E-state index contributed by atoms with van der Waals surface area (Å²) in [5, 5.41) is 9.14. The number of carbonyl (C=O) groups is 1. The molecule has 9 heteroatoms. The second-order valence-corrected chi connectivity index (χ2v) is 9.58. The fourth-order valence-electron chi connectivity index (χ4n) is 3.98. The van der Waals surface area contributed by atoms with E-state index in [2.05, 4.69) is 25.5 Å². The highest BCUT2D eigenvalue weighted by atomic mass is 32.1. The molecule has 1 aliphatic heterocycles. The highest BCUT2D eigenvalue weighted by Crippen LogP contribution is 2.29. The van der Waals surface area contributed by atoms with Crippen molar-refractivity contribution in [3.05, 3.63) is 83.5 Å². The van der Waals surface area contributed by atoms with Crippen molar-refractivity contribution in [2.75, 3.05) is 50.1 Å². The number of carbonyl (C=O) groups excluding carboxylic acids is 1. The molecule has 37 heavy (non-hydrogen) atoms. The van der Waals surface area contributed by atoms with Crippen molar-refractivity contribution < 1.29 is 14.3 Å². The van der Waals surface area contributed by atoms with Gasteiger partial charge in [-0.1, -0.05) is 12.1 Å². The molecule has 2 aromatic carbocycles. The Morgan fingerprint density at radius 1 is 1.14 bits per heavy atom. The van der Waals surface area contributed by atoms with Gasteiger partial charge in [-0.2, -0.15) is 0 Å². The molecule has 0 spiro atoms. The number of amides is 1. The van der Waals surface area contributed by atoms with Gasteiger partial charge in [0.25, 0.3) is 5.91 Å². The second kappa shape index (κ2) is 12.0. The van der Waals surface area contributed by atoms with E-state index in [1.807, 2.05) is 54.8 Å². The minimum atomic E-state index is -0.193. The molecule has 1 aliphatic rings. The molecule has 1 amide bonds. The predicted octanol–water partition coefficient (Wildman–Crippen LogP) is 5.22. The number of nitrogens with one attached hydrogen (secondary N) is 2. The van der Waals surface area contributed by atoms with E-state index < -0.39 is 0 Å². The normalized spacial score (nSPS) is 13.8. The zero-order chi connectivity index (χ0) is 25.5. The van der Waals surface area contributed by atoms with E-state index in [4.69, 9.17) is 9.47 Å². The molecule has 0 bridgehead atoms. The molecule has 8 nitrogen and oxygen atoms in total. The van der Waals surface area contributed by atoms with Gasteiger partial charge in [0, 0.05) is 59.9 Å². The summed E-state index contributed by atoms with van der Waals surface area (Å²) in [6.45, 7) is 6.80. The quantitative estimate of drug-likeness (QED) is 0.316. The number of pyridine rings is 1. The van der Waals surface area contributed by atoms with Gasteiger partial charge in [-0.05, 0) is 55.0 Å². The van der Waals surface area contributed by atoms with Crippen LogP contribution in [0.15, 0.2) is 72.4 Å². The smallest absolute Gasteiger partial charge is 0.255 e. The van der Waals surface area contributed by atoms with Crippen LogP contribution < -0.4 is 15.4 Å². The molecule has 4 aromatic rings. The molecule has 0 atom stereocenters. The number of morpholine rings is 1. The van der Waals surface area contributed by atoms with E-state index in [0.717, 1.165) is 60.5 Å². The van der Waals surface area contributed by atoms with Gasteiger partial charge >= 0.3 is 0 Å². The average molecular weight is 516 g/mol. The SMILES string of the molecule is Cc1ccc(NC(=O)c2cccc(OCCN3CCOCC3)c2)cc1Nc1nc(-c2cccnc2)cs1. The summed E-state index contributed by atoms with van der Waals surface area (Å²) >= 11 is 1.52. The van der Waals surface area contributed by atoms with E-state index in [1.54, 1.807) is 24.5 Å². The largest absolute Gasteiger partial charge is 0.492 e. The number of anilines is 3. The number of thiazole rings is 1. The van der Waals surface area contributed by atoms with Crippen molar-refractivity contribution in [2.24, 2.45) is 0 Å². The minimum absolute atomic E-state index is 0.193. The highest BCUT2D eigenvalue weighted by Gasteiger charge is 2.12.